The van der Waals surface area contributed by atoms with Crippen LogP contribution in [0.3, 0.4) is 0 Å². The fraction of sp³-hybridized carbons (Fsp3) is 0.300. The van der Waals surface area contributed by atoms with Crippen LogP contribution in [0, 0.1) is 0 Å². The Morgan fingerprint density at radius 1 is 1.11 bits per heavy atom. The van der Waals surface area contributed by atoms with Gasteiger partial charge in [0.2, 0.25) is 11.6 Å². The Morgan fingerprint density at radius 2 is 1.93 bits per heavy atom. The van der Waals surface area contributed by atoms with Crippen LogP contribution in [0.1, 0.15) is 25.8 Å². The van der Waals surface area contributed by atoms with Crippen LogP contribution in [-0.2, 0) is 13.5 Å². The summed E-state index contributed by atoms with van der Waals surface area (Å²) >= 11 is 0. The topological polar surface area (TPSA) is 72.0 Å². The zero-order valence-electron chi connectivity index (χ0n) is 15.8. The van der Waals surface area contributed by atoms with E-state index in [1.807, 2.05) is 22.3 Å². The second kappa shape index (κ2) is 7.19. The minimum atomic E-state index is 0.616. The van der Waals surface area contributed by atoms with Crippen LogP contribution in [-0.4, -0.2) is 31.3 Å². The summed E-state index contributed by atoms with van der Waals surface area (Å²) in [6.07, 6.45) is 7.29. The van der Waals surface area contributed by atoms with Crippen molar-refractivity contribution in [1.29, 1.82) is 0 Å². The van der Waals surface area contributed by atoms with Crippen LogP contribution in [0.2, 0.25) is 0 Å². The number of aromatic nitrogens is 6. The average molecular weight is 363 g/mol. The lowest BCUT2D eigenvalue weighted by molar-refractivity contribution is -0.716. The maximum atomic E-state index is 5.88. The highest BCUT2D eigenvalue weighted by molar-refractivity contribution is 5.76. The molecule has 0 aliphatic carbocycles. The van der Waals surface area contributed by atoms with Crippen LogP contribution >= 0.6 is 0 Å². The highest BCUT2D eigenvalue weighted by Gasteiger charge is 2.25. The third-order valence-corrected chi connectivity index (χ3v) is 4.61. The summed E-state index contributed by atoms with van der Waals surface area (Å²) in [6, 6.07) is 8.61. The molecule has 0 atom stereocenters. The molecule has 0 unspecified atom stereocenters. The van der Waals surface area contributed by atoms with Gasteiger partial charge < -0.3 is 4.74 Å². The van der Waals surface area contributed by atoms with Gasteiger partial charge in [0.05, 0.1) is 25.2 Å². The van der Waals surface area contributed by atoms with Gasteiger partial charge in [-0.1, -0.05) is 26.0 Å². The fourth-order valence-electron chi connectivity index (χ4n) is 3.20. The Kier molecular flexibility index (Phi) is 4.58. The number of H-pyrrole nitrogens is 1. The van der Waals surface area contributed by atoms with E-state index in [9.17, 15) is 0 Å². The second-order valence-electron chi connectivity index (χ2n) is 6.46. The number of benzene rings is 1. The molecule has 27 heavy (non-hydrogen) atoms. The molecule has 3 heterocycles. The Bertz CT molecular complexity index is 1060. The monoisotopic (exact) mass is 363 g/mol. The summed E-state index contributed by atoms with van der Waals surface area (Å²) < 4.78 is 9.78. The minimum absolute atomic E-state index is 0.616. The van der Waals surface area contributed by atoms with Crippen molar-refractivity contribution >= 4 is 5.65 Å². The van der Waals surface area contributed by atoms with Crippen LogP contribution in [0.25, 0.3) is 28.3 Å². The van der Waals surface area contributed by atoms with E-state index in [0.29, 0.717) is 18.1 Å². The smallest absolute Gasteiger partial charge is 0.249 e. The zero-order valence-corrected chi connectivity index (χ0v) is 15.8. The van der Waals surface area contributed by atoms with Crippen LogP contribution in [0.4, 0.5) is 0 Å². The summed E-state index contributed by atoms with van der Waals surface area (Å²) in [5, 5.41) is 12.0. The van der Waals surface area contributed by atoms with E-state index in [1.165, 1.54) is 5.56 Å². The molecule has 138 valence electrons. The maximum Gasteiger partial charge on any atom is 0.249 e. The SMILES string of the molecule is CCCOc1cncc2nnc(-c3c[nH][n+](C)c3-c3ccc(CC)cc3)n12. The molecule has 4 aromatic rings. The van der Waals surface area contributed by atoms with Crippen molar-refractivity contribution in [3.8, 4) is 28.5 Å². The van der Waals surface area contributed by atoms with E-state index in [1.54, 1.807) is 12.4 Å². The number of hydrogen-bond acceptors (Lipinski definition) is 4. The minimum Gasteiger partial charge on any atom is -0.477 e. The molecule has 4 rings (SSSR count). The molecule has 0 aliphatic heterocycles. The number of rotatable bonds is 6. The Hall–Kier alpha value is -3.22. The van der Waals surface area contributed by atoms with Gasteiger partial charge in [-0.15, -0.1) is 14.9 Å². The summed E-state index contributed by atoms with van der Waals surface area (Å²) in [5.74, 6) is 1.37. The standard InChI is InChI=1S/C20H22N6O/c1-4-10-27-18-13-21-12-17-23-24-20(26(17)18)16-11-22-25(3)19(16)15-8-6-14(5-2)7-9-15/h6-9,11-13H,4-5,10H2,1-3H3/p+1. The van der Waals surface area contributed by atoms with Crippen LogP contribution in [0.15, 0.2) is 42.9 Å². The van der Waals surface area contributed by atoms with Crippen LogP contribution in [0.5, 0.6) is 5.88 Å². The quantitative estimate of drug-likeness (QED) is 0.535. The molecule has 0 spiro atoms. The lowest BCUT2D eigenvalue weighted by atomic mass is 10.0. The van der Waals surface area contributed by atoms with Crippen molar-refractivity contribution in [2.45, 2.75) is 26.7 Å². The van der Waals surface area contributed by atoms with Gasteiger partial charge in [0.15, 0.2) is 18.5 Å². The largest absolute Gasteiger partial charge is 0.477 e. The molecule has 7 heteroatoms. The molecular weight excluding hydrogens is 340 g/mol. The van der Waals surface area contributed by atoms with Crippen molar-refractivity contribution < 1.29 is 9.42 Å². The summed E-state index contributed by atoms with van der Waals surface area (Å²) in [6.45, 7) is 4.85. The molecule has 0 aliphatic rings. The van der Waals surface area contributed by atoms with Gasteiger partial charge >= 0.3 is 0 Å². The van der Waals surface area contributed by atoms with Crippen molar-refractivity contribution in [2.24, 2.45) is 7.05 Å². The summed E-state index contributed by atoms with van der Waals surface area (Å²) in [5.41, 5.74) is 5.10. The molecule has 0 bridgehead atoms. The van der Waals surface area contributed by atoms with Gasteiger partial charge in [-0.3, -0.25) is 4.98 Å². The zero-order chi connectivity index (χ0) is 18.8. The number of ether oxygens (including phenoxy) is 1. The molecule has 1 aromatic carbocycles. The van der Waals surface area contributed by atoms with Crippen molar-refractivity contribution in [3.05, 3.63) is 48.4 Å². The first kappa shape index (κ1) is 17.2. The van der Waals surface area contributed by atoms with Gasteiger partial charge in [-0.05, 0) is 30.5 Å². The molecule has 0 fully saturated rings. The maximum absolute atomic E-state index is 5.88. The Labute approximate surface area is 157 Å². The van der Waals surface area contributed by atoms with Crippen molar-refractivity contribution in [2.75, 3.05) is 6.61 Å². The van der Waals surface area contributed by atoms with E-state index in [4.69, 9.17) is 4.74 Å². The van der Waals surface area contributed by atoms with Gasteiger partial charge in [0.1, 0.15) is 5.56 Å². The third kappa shape index (κ3) is 3.05. The molecule has 0 amide bonds. The second-order valence-corrected chi connectivity index (χ2v) is 6.46. The van der Waals surface area contributed by atoms with Crippen molar-refractivity contribution in [1.82, 2.24) is 24.7 Å². The molecule has 1 N–H and O–H groups in total. The third-order valence-electron chi connectivity index (χ3n) is 4.61. The fourth-order valence-corrected chi connectivity index (χ4v) is 3.20. The normalized spacial score (nSPS) is 11.2. The first-order valence-electron chi connectivity index (χ1n) is 9.22. The van der Waals surface area contributed by atoms with E-state index in [0.717, 1.165) is 35.5 Å². The van der Waals surface area contributed by atoms with Gasteiger partial charge in [-0.25, -0.2) is 4.40 Å². The summed E-state index contributed by atoms with van der Waals surface area (Å²) in [7, 11) is 1.99. The Balaban J connectivity index is 1.87. The van der Waals surface area contributed by atoms with Gasteiger partial charge in [0, 0.05) is 5.56 Å². The number of aryl methyl sites for hydroxylation is 2. The predicted molar refractivity (Wildman–Crippen MR) is 102 cm³/mol. The van der Waals surface area contributed by atoms with E-state index in [-0.39, 0.29) is 0 Å². The van der Waals surface area contributed by atoms with E-state index < -0.39 is 0 Å². The molecule has 7 nitrogen and oxygen atoms in total. The predicted octanol–water partition coefficient (Wildman–Crippen LogP) is 2.96. The highest BCUT2D eigenvalue weighted by Crippen LogP contribution is 2.30. The number of aromatic amines is 1. The lowest BCUT2D eigenvalue weighted by Gasteiger charge is -2.08. The van der Waals surface area contributed by atoms with Gasteiger partial charge in [-0.2, -0.15) is 5.10 Å². The number of nitrogens with zero attached hydrogens (tertiary/aromatic N) is 5. The molecule has 0 saturated heterocycles. The van der Waals surface area contributed by atoms with Crippen LogP contribution < -0.4 is 9.42 Å². The van der Waals surface area contributed by atoms with E-state index in [2.05, 4.69) is 58.4 Å². The van der Waals surface area contributed by atoms with Gasteiger partial charge in [0.25, 0.3) is 0 Å². The first-order chi connectivity index (χ1) is 13.2. The Morgan fingerprint density at radius 3 is 2.67 bits per heavy atom. The molecule has 3 aromatic heterocycles. The number of nitrogens with one attached hydrogen (secondary N) is 1. The summed E-state index contributed by atoms with van der Waals surface area (Å²) in [4.78, 5) is 4.22. The number of fused-ring (bicyclic) bond motifs is 1. The molecule has 0 radical (unpaired) electrons. The highest BCUT2D eigenvalue weighted by atomic mass is 16.5. The molecule has 0 saturated carbocycles. The van der Waals surface area contributed by atoms with Crippen molar-refractivity contribution in [3.63, 3.8) is 0 Å². The average Bonchev–Trinajstić information content (AvgIpc) is 3.30. The molecular formula is C20H23N6O+. The first-order valence-corrected chi connectivity index (χ1v) is 9.22. The lowest BCUT2D eigenvalue weighted by Crippen LogP contribution is -2.31. The number of hydrogen-bond donors (Lipinski definition) is 1. The van der Waals surface area contributed by atoms with E-state index >= 15 is 0 Å².